The van der Waals surface area contributed by atoms with Crippen LogP contribution < -0.4 is 0 Å². The van der Waals surface area contributed by atoms with E-state index in [1.54, 1.807) is 0 Å². The molecule has 1 aliphatic heterocycles. The van der Waals surface area contributed by atoms with E-state index in [0.717, 1.165) is 12.0 Å². The van der Waals surface area contributed by atoms with Crippen molar-refractivity contribution in [2.75, 3.05) is 6.61 Å². The average molecular weight is 347 g/mol. The van der Waals surface area contributed by atoms with Gasteiger partial charge in [0, 0.05) is 0 Å². The van der Waals surface area contributed by atoms with Gasteiger partial charge in [-0.3, -0.25) is 4.90 Å². The lowest BCUT2D eigenvalue weighted by Gasteiger charge is -2.44. The highest BCUT2D eigenvalue weighted by Gasteiger charge is 2.56. The number of carboxylic acid groups (broad SMARTS) is 1. The summed E-state index contributed by atoms with van der Waals surface area (Å²) in [5.41, 5.74) is -0.00394. The summed E-state index contributed by atoms with van der Waals surface area (Å²) in [6.07, 6.45) is 1.72. The molecular formula is C19H25NO5. The Balaban J connectivity index is 1.79. The number of carbonyl (C=O) groups excluding carboxylic acids is 1. The van der Waals surface area contributed by atoms with E-state index in [0.29, 0.717) is 24.7 Å². The van der Waals surface area contributed by atoms with Crippen LogP contribution in [0.4, 0.5) is 4.79 Å². The van der Waals surface area contributed by atoms with Crippen LogP contribution in [0, 0.1) is 11.8 Å². The molecule has 3 atom stereocenters. The summed E-state index contributed by atoms with van der Waals surface area (Å²) in [7, 11) is 0. The van der Waals surface area contributed by atoms with Crippen molar-refractivity contribution >= 4 is 12.1 Å². The van der Waals surface area contributed by atoms with Gasteiger partial charge in [-0.1, -0.05) is 44.2 Å². The average Bonchev–Trinajstić information content (AvgIpc) is 2.91. The fourth-order valence-electron chi connectivity index (χ4n) is 4.27. The molecule has 1 spiro atoms. The van der Waals surface area contributed by atoms with Crippen LogP contribution in [0.5, 0.6) is 0 Å². The van der Waals surface area contributed by atoms with Gasteiger partial charge in [-0.2, -0.15) is 0 Å². The topological polar surface area (TPSA) is 76.1 Å². The van der Waals surface area contributed by atoms with Gasteiger partial charge in [-0.05, 0) is 36.7 Å². The first-order chi connectivity index (χ1) is 11.9. The molecule has 0 radical (unpaired) electrons. The van der Waals surface area contributed by atoms with Gasteiger partial charge >= 0.3 is 12.1 Å². The molecule has 1 aromatic rings. The van der Waals surface area contributed by atoms with Crippen molar-refractivity contribution < 1.29 is 24.2 Å². The Bertz CT molecular complexity index is 622. The van der Waals surface area contributed by atoms with E-state index in [-0.39, 0.29) is 13.2 Å². The number of ether oxygens (including phenoxy) is 2. The standard InChI is InChI=1S/C19H25NO5/c1-13-8-14(2)10-19(9-13)20(16(12-25-19)17(21)22)18(23)24-11-15-6-4-3-5-7-15/h3-7,13-14,16H,8-12H2,1-2H3,(H,21,22). The Morgan fingerprint density at radius 2 is 1.88 bits per heavy atom. The summed E-state index contributed by atoms with van der Waals surface area (Å²) in [4.78, 5) is 25.8. The number of carboxylic acids is 1. The van der Waals surface area contributed by atoms with Gasteiger partial charge in [0.25, 0.3) is 0 Å². The highest BCUT2D eigenvalue weighted by Crippen LogP contribution is 2.45. The van der Waals surface area contributed by atoms with Crippen LogP contribution in [-0.2, 0) is 20.9 Å². The minimum atomic E-state index is -1.06. The summed E-state index contributed by atoms with van der Waals surface area (Å²) in [5, 5.41) is 9.53. The van der Waals surface area contributed by atoms with Gasteiger partial charge in [0.15, 0.2) is 6.04 Å². The van der Waals surface area contributed by atoms with E-state index in [9.17, 15) is 14.7 Å². The molecule has 3 unspecified atom stereocenters. The quantitative estimate of drug-likeness (QED) is 0.908. The summed E-state index contributed by atoms with van der Waals surface area (Å²) < 4.78 is 11.4. The maximum Gasteiger partial charge on any atom is 0.413 e. The van der Waals surface area contributed by atoms with Crippen molar-refractivity contribution in [1.82, 2.24) is 4.90 Å². The number of hydrogen-bond donors (Lipinski definition) is 1. The summed E-state index contributed by atoms with van der Waals surface area (Å²) in [6.45, 7) is 4.35. The van der Waals surface area contributed by atoms with Crippen LogP contribution in [-0.4, -0.2) is 40.4 Å². The third-order valence-electron chi connectivity index (χ3n) is 5.09. The van der Waals surface area contributed by atoms with Crippen molar-refractivity contribution in [2.24, 2.45) is 11.8 Å². The Hall–Kier alpha value is -2.08. The molecule has 2 fully saturated rings. The van der Waals surface area contributed by atoms with Crippen LogP contribution >= 0.6 is 0 Å². The summed E-state index contributed by atoms with van der Waals surface area (Å²) >= 11 is 0. The van der Waals surface area contributed by atoms with Gasteiger partial charge in [0.1, 0.15) is 12.3 Å². The predicted molar refractivity (Wildman–Crippen MR) is 90.8 cm³/mol. The van der Waals surface area contributed by atoms with Gasteiger partial charge in [0.2, 0.25) is 0 Å². The van der Waals surface area contributed by atoms with Crippen LogP contribution in [0.3, 0.4) is 0 Å². The SMILES string of the molecule is CC1CC(C)CC2(C1)OCC(C(=O)O)N2C(=O)OCc1ccccc1. The second-order valence-electron chi connectivity index (χ2n) is 7.38. The Kier molecular flexibility index (Phi) is 4.99. The second kappa shape index (κ2) is 7.04. The van der Waals surface area contributed by atoms with Crippen LogP contribution in [0.2, 0.25) is 0 Å². The number of benzene rings is 1. The lowest BCUT2D eigenvalue weighted by Crippen LogP contribution is -2.56. The third-order valence-corrected chi connectivity index (χ3v) is 5.09. The number of carbonyl (C=O) groups is 2. The molecular weight excluding hydrogens is 322 g/mol. The third kappa shape index (κ3) is 3.63. The summed E-state index contributed by atoms with van der Waals surface area (Å²) in [5.74, 6) is -0.333. The zero-order valence-corrected chi connectivity index (χ0v) is 14.7. The molecule has 0 bridgehead atoms. The number of nitrogens with zero attached hydrogens (tertiary/aromatic N) is 1. The molecule has 25 heavy (non-hydrogen) atoms. The van der Waals surface area contributed by atoms with E-state index in [2.05, 4.69) is 13.8 Å². The molecule has 6 nitrogen and oxygen atoms in total. The molecule has 1 aromatic carbocycles. The Morgan fingerprint density at radius 3 is 2.48 bits per heavy atom. The first-order valence-electron chi connectivity index (χ1n) is 8.78. The maximum absolute atomic E-state index is 12.8. The van der Waals surface area contributed by atoms with Crippen molar-refractivity contribution in [1.29, 1.82) is 0 Å². The van der Waals surface area contributed by atoms with Gasteiger partial charge in [-0.15, -0.1) is 0 Å². The molecule has 136 valence electrons. The van der Waals surface area contributed by atoms with Gasteiger partial charge in [-0.25, -0.2) is 9.59 Å². The van der Waals surface area contributed by atoms with E-state index in [1.165, 1.54) is 4.90 Å². The fraction of sp³-hybridized carbons (Fsp3) is 0.579. The molecule has 1 saturated carbocycles. The number of rotatable bonds is 3. The lowest BCUT2D eigenvalue weighted by atomic mass is 9.77. The lowest BCUT2D eigenvalue weighted by molar-refractivity contribution is -0.146. The van der Waals surface area contributed by atoms with Crippen LogP contribution in [0.1, 0.15) is 38.7 Å². The molecule has 1 N–H and O–H groups in total. The van der Waals surface area contributed by atoms with E-state index < -0.39 is 23.8 Å². The fourth-order valence-corrected chi connectivity index (χ4v) is 4.27. The molecule has 1 heterocycles. The summed E-state index contributed by atoms with van der Waals surface area (Å²) in [6, 6.07) is 8.36. The molecule has 3 rings (SSSR count). The number of hydrogen-bond acceptors (Lipinski definition) is 4. The molecule has 1 aliphatic carbocycles. The smallest absolute Gasteiger partial charge is 0.413 e. The maximum atomic E-state index is 12.8. The molecule has 6 heteroatoms. The van der Waals surface area contributed by atoms with Crippen molar-refractivity contribution in [2.45, 2.75) is 51.5 Å². The first-order valence-corrected chi connectivity index (χ1v) is 8.78. The van der Waals surface area contributed by atoms with E-state index >= 15 is 0 Å². The Morgan fingerprint density at radius 1 is 1.24 bits per heavy atom. The molecule has 1 saturated heterocycles. The normalized spacial score (nSPS) is 31.9. The van der Waals surface area contributed by atoms with Gasteiger partial charge < -0.3 is 14.6 Å². The zero-order chi connectivity index (χ0) is 18.0. The van der Waals surface area contributed by atoms with E-state index in [1.807, 2.05) is 30.3 Å². The van der Waals surface area contributed by atoms with Crippen molar-refractivity contribution in [3.8, 4) is 0 Å². The molecule has 1 amide bonds. The number of aliphatic carboxylic acids is 1. The van der Waals surface area contributed by atoms with Crippen LogP contribution in [0.15, 0.2) is 30.3 Å². The van der Waals surface area contributed by atoms with Crippen molar-refractivity contribution in [3.63, 3.8) is 0 Å². The predicted octanol–water partition coefficient (Wildman–Crippen LogP) is 3.26. The van der Waals surface area contributed by atoms with Crippen molar-refractivity contribution in [3.05, 3.63) is 35.9 Å². The highest BCUT2D eigenvalue weighted by molar-refractivity contribution is 5.81. The first kappa shape index (κ1) is 17.7. The minimum absolute atomic E-state index is 0.00914. The van der Waals surface area contributed by atoms with E-state index in [4.69, 9.17) is 9.47 Å². The molecule has 0 aromatic heterocycles. The highest BCUT2D eigenvalue weighted by atomic mass is 16.6. The number of amides is 1. The minimum Gasteiger partial charge on any atom is -0.480 e. The Labute approximate surface area is 147 Å². The largest absolute Gasteiger partial charge is 0.480 e. The molecule has 2 aliphatic rings. The second-order valence-corrected chi connectivity index (χ2v) is 7.38. The zero-order valence-electron chi connectivity index (χ0n) is 14.7. The van der Waals surface area contributed by atoms with Gasteiger partial charge in [0.05, 0.1) is 6.61 Å². The van der Waals surface area contributed by atoms with Crippen LogP contribution in [0.25, 0.3) is 0 Å². The monoisotopic (exact) mass is 347 g/mol.